The fourth-order valence-corrected chi connectivity index (χ4v) is 2.88. The highest BCUT2D eigenvalue weighted by Gasteiger charge is 2.28. The lowest BCUT2D eigenvalue weighted by Crippen LogP contribution is -2.37. The first-order valence-electron chi connectivity index (χ1n) is 7.42. The van der Waals surface area contributed by atoms with Gasteiger partial charge in [0.25, 0.3) is 0 Å². The topological polar surface area (TPSA) is 58.4 Å². The predicted octanol–water partition coefficient (Wildman–Crippen LogP) is 2.52. The second-order valence-electron chi connectivity index (χ2n) is 6.05. The second kappa shape index (κ2) is 10.1. The monoisotopic (exact) mass is 365 g/mol. The van der Waals surface area contributed by atoms with Crippen LogP contribution in [0.2, 0.25) is 0 Å². The Hall–Kier alpha value is -0.880. The summed E-state index contributed by atoms with van der Waals surface area (Å²) in [5.41, 5.74) is 6.84. The van der Waals surface area contributed by atoms with E-state index >= 15 is 0 Å². The van der Waals surface area contributed by atoms with Crippen LogP contribution in [0.15, 0.2) is 24.3 Å². The maximum absolute atomic E-state index is 13.0. The van der Waals surface area contributed by atoms with Crippen molar-refractivity contribution in [2.24, 2.45) is 11.7 Å². The molecule has 1 aliphatic rings. The molecule has 23 heavy (non-hydrogen) atoms. The number of carbonyl (C=O) groups is 1. The van der Waals surface area contributed by atoms with Crippen LogP contribution in [-0.2, 0) is 4.79 Å². The fourth-order valence-electron chi connectivity index (χ4n) is 2.88. The van der Waals surface area contributed by atoms with Gasteiger partial charge in [0.15, 0.2) is 0 Å². The Kier molecular flexibility index (Phi) is 9.70. The zero-order valence-electron chi connectivity index (χ0n) is 13.5. The van der Waals surface area contributed by atoms with Crippen LogP contribution in [-0.4, -0.2) is 37.5 Å². The summed E-state index contributed by atoms with van der Waals surface area (Å²) in [5.74, 6) is -0.131. The summed E-state index contributed by atoms with van der Waals surface area (Å²) in [4.78, 5) is 14.2. The molecule has 0 aromatic heterocycles. The summed E-state index contributed by atoms with van der Waals surface area (Å²) in [6.45, 7) is 0.517. The Balaban J connectivity index is 0.00000242. The number of nitrogens with two attached hydrogens (primary N) is 1. The zero-order valence-corrected chi connectivity index (χ0v) is 15.1. The Bertz CT molecular complexity index is 485. The summed E-state index contributed by atoms with van der Waals surface area (Å²) in [6.07, 6.45) is 2.57. The van der Waals surface area contributed by atoms with Gasteiger partial charge in [-0.3, -0.25) is 4.79 Å². The molecule has 1 aromatic carbocycles. The van der Waals surface area contributed by atoms with Crippen molar-refractivity contribution in [2.45, 2.75) is 31.3 Å². The predicted molar refractivity (Wildman–Crippen MR) is 95.7 cm³/mol. The van der Waals surface area contributed by atoms with Crippen LogP contribution in [0, 0.1) is 11.7 Å². The van der Waals surface area contributed by atoms with Gasteiger partial charge in [0.1, 0.15) is 5.82 Å². The molecular weight excluding hydrogens is 340 g/mol. The number of halogens is 3. The third kappa shape index (κ3) is 6.26. The average molecular weight is 366 g/mol. The third-order valence-corrected chi connectivity index (χ3v) is 4.19. The smallest absolute Gasteiger partial charge is 0.223 e. The molecule has 0 heterocycles. The number of hydrogen-bond acceptors (Lipinski definition) is 3. The minimum absolute atomic E-state index is 0. The Morgan fingerprint density at radius 3 is 2.39 bits per heavy atom. The minimum Gasteiger partial charge on any atom is -0.354 e. The van der Waals surface area contributed by atoms with E-state index in [4.69, 9.17) is 5.73 Å². The van der Waals surface area contributed by atoms with Crippen molar-refractivity contribution in [3.05, 3.63) is 35.6 Å². The quantitative estimate of drug-likeness (QED) is 0.842. The molecule has 1 amide bonds. The molecular formula is C16H26Cl2FN3O. The van der Waals surface area contributed by atoms with Gasteiger partial charge in [-0.05, 0) is 51.1 Å². The molecule has 1 saturated carbocycles. The van der Waals surface area contributed by atoms with Crippen molar-refractivity contribution in [3.8, 4) is 0 Å². The Morgan fingerprint density at radius 1 is 1.30 bits per heavy atom. The molecule has 0 aliphatic heterocycles. The van der Waals surface area contributed by atoms with Gasteiger partial charge in [-0.1, -0.05) is 12.1 Å². The van der Waals surface area contributed by atoms with Crippen molar-refractivity contribution < 1.29 is 9.18 Å². The lowest BCUT2D eigenvalue weighted by Gasteiger charge is -2.25. The van der Waals surface area contributed by atoms with Gasteiger partial charge in [-0.2, -0.15) is 0 Å². The first-order valence-corrected chi connectivity index (χ1v) is 7.42. The van der Waals surface area contributed by atoms with Gasteiger partial charge in [0, 0.05) is 18.5 Å². The molecule has 1 fully saturated rings. The Labute approximate surface area is 149 Å². The van der Waals surface area contributed by atoms with E-state index in [1.807, 2.05) is 19.0 Å². The molecule has 7 heteroatoms. The number of carbonyl (C=O) groups excluding carboxylic acids is 1. The number of nitrogens with zero attached hydrogens (tertiary/aromatic N) is 1. The highest BCUT2D eigenvalue weighted by atomic mass is 35.5. The van der Waals surface area contributed by atoms with Gasteiger partial charge >= 0.3 is 0 Å². The van der Waals surface area contributed by atoms with Crippen LogP contribution < -0.4 is 11.1 Å². The molecule has 1 aromatic rings. The molecule has 3 N–H and O–H groups in total. The Morgan fingerprint density at radius 2 is 1.91 bits per heavy atom. The number of amides is 1. The van der Waals surface area contributed by atoms with E-state index in [0.717, 1.165) is 24.8 Å². The fraction of sp³-hybridized carbons (Fsp3) is 0.562. The summed E-state index contributed by atoms with van der Waals surface area (Å²) < 4.78 is 13.0. The van der Waals surface area contributed by atoms with E-state index in [0.29, 0.717) is 6.54 Å². The van der Waals surface area contributed by atoms with E-state index in [1.165, 1.54) is 12.1 Å². The van der Waals surface area contributed by atoms with E-state index < -0.39 is 0 Å². The SMILES string of the molecule is CN(C)C(CNC(=O)C1CCC(N)C1)c1ccc(F)cc1.Cl.Cl. The first kappa shape index (κ1) is 22.1. The molecule has 4 nitrogen and oxygen atoms in total. The van der Waals surface area contributed by atoms with Crippen molar-refractivity contribution in [1.82, 2.24) is 10.2 Å². The van der Waals surface area contributed by atoms with Crippen LogP contribution in [0.5, 0.6) is 0 Å². The van der Waals surface area contributed by atoms with Crippen LogP contribution in [0.1, 0.15) is 30.9 Å². The molecule has 3 atom stereocenters. The zero-order chi connectivity index (χ0) is 15.4. The lowest BCUT2D eigenvalue weighted by molar-refractivity contribution is -0.125. The molecule has 2 rings (SSSR count). The normalized spacial score (nSPS) is 21.3. The van der Waals surface area contributed by atoms with E-state index in [-0.39, 0.29) is 54.5 Å². The first-order chi connectivity index (χ1) is 9.97. The van der Waals surface area contributed by atoms with E-state index in [1.54, 1.807) is 12.1 Å². The highest BCUT2D eigenvalue weighted by molar-refractivity contribution is 5.85. The summed E-state index contributed by atoms with van der Waals surface area (Å²) >= 11 is 0. The summed E-state index contributed by atoms with van der Waals surface area (Å²) in [6, 6.07) is 6.61. The molecule has 3 unspecified atom stereocenters. The third-order valence-electron chi connectivity index (χ3n) is 4.19. The lowest BCUT2D eigenvalue weighted by atomic mass is 10.0. The van der Waals surface area contributed by atoms with E-state index in [2.05, 4.69) is 5.32 Å². The number of benzene rings is 1. The van der Waals surface area contributed by atoms with Crippen LogP contribution >= 0.6 is 24.8 Å². The second-order valence-corrected chi connectivity index (χ2v) is 6.05. The van der Waals surface area contributed by atoms with Gasteiger partial charge in [0.2, 0.25) is 5.91 Å². The minimum atomic E-state index is -0.250. The number of hydrogen-bond donors (Lipinski definition) is 2. The van der Waals surface area contributed by atoms with Crippen molar-refractivity contribution in [3.63, 3.8) is 0 Å². The van der Waals surface area contributed by atoms with E-state index in [9.17, 15) is 9.18 Å². The van der Waals surface area contributed by atoms with Gasteiger partial charge in [0.05, 0.1) is 6.04 Å². The summed E-state index contributed by atoms with van der Waals surface area (Å²) in [5, 5.41) is 3.01. The molecule has 1 aliphatic carbocycles. The van der Waals surface area contributed by atoms with Crippen LogP contribution in [0.4, 0.5) is 4.39 Å². The molecule has 0 saturated heterocycles. The van der Waals surface area contributed by atoms with Crippen molar-refractivity contribution >= 4 is 30.7 Å². The molecule has 0 spiro atoms. The van der Waals surface area contributed by atoms with Gasteiger partial charge in [-0.15, -0.1) is 24.8 Å². The summed E-state index contributed by atoms with van der Waals surface area (Å²) in [7, 11) is 3.90. The van der Waals surface area contributed by atoms with Crippen LogP contribution in [0.3, 0.4) is 0 Å². The van der Waals surface area contributed by atoms with Gasteiger partial charge in [-0.25, -0.2) is 4.39 Å². The number of likely N-dealkylation sites (N-methyl/N-ethyl adjacent to an activating group) is 1. The van der Waals surface area contributed by atoms with Gasteiger partial charge < -0.3 is 16.0 Å². The average Bonchev–Trinajstić information content (AvgIpc) is 2.87. The molecule has 132 valence electrons. The largest absolute Gasteiger partial charge is 0.354 e. The van der Waals surface area contributed by atoms with Crippen LogP contribution in [0.25, 0.3) is 0 Å². The molecule has 0 bridgehead atoms. The maximum Gasteiger partial charge on any atom is 0.223 e. The van der Waals surface area contributed by atoms with Crippen molar-refractivity contribution in [2.75, 3.05) is 20.6 Å². The standard InChI is InChI=1S/C16H24FN3O.2ClH/c1-20(2)15(11-3-6-13(17)7-4-11)10-19-16(21)12-5-8-14(18)9-12;;/h3-4,6-7,12,14-15H,5,8-10,18H2,1-2H3,(H,19,21);2*1H. The highest BCUT2D eigenvalue weighted by Crippen LogP contribution is 2.24. The maximum atomic E-state index is 13.0. The van der Waals surface area contributed by atoms with Crippen molar-refractivity contribution in [1.29, 1.82) is 0 Å². The number of rotatable bonds is 5. The number of nitrogens with one attached hydrogen (secondary N) is 1. The molecule has 0 radical (unpaired) electrons.